The molecule has 2 rings (SSSR count). The van der Waals surface area contributed by atoms with Crippen molar-refractivity contribution in [2.45, 2.75) is 11.8 Å². The molecule has 2 aromatic rings. The Bertz CT molecular complexity index is 677. The molecule has 1 unspecified atom stereocenters. The molecule has 8 heteroatoms. The number of benzene rings is 2. The monoisotopic (exact) mass is 339 g/mol. The van der Waals surface area contributed by atoms with Crippen molar-refractivity contribution in [1.82, 2.24) is 0 Å². The van der Waals surface area contributed by atoms with E-state index in [-0.39, 0.29) is 17.6 Å². The Kier molecular flexibility index (Phi) is 5.74. The quantitative estimate of drug-likeness (QED) is 0.326. The minimum atomic E-state index is -3.55. The molecule has 0 N–H and O–H groups in total. The van der Waals surface area contributed by atoms with Crippen LogP contribution in [0.4, 0.5) is 5.69 Å². The van der Waals surface area contributed by atoms with Crippen molar-refractivity contribution in [3.8, 4) is 0 Å². The summed E-state index contributed by atoms with van der Waals surface area (Å²) in [5.41, 5.74) is -0.0810. The lowest BCUT2D eigenvalue weighted by Gasteiger charge is -2.16. The fourth-order valence-corrected chi connectivity index (χ4v) is 4.16. The molecule has 0 amide bonds. The number of hydrogen-bond acceptors (Lipinski definition) is 6. The van der Waals surface area contributed by atoms with Crippen LogP contribution < -0.4 is 5.30 Å². The van der Waals surface area contributed by atoms with Gasteiger partial charge in [0, 0.05) is 29.1 Å². The second kappa shape index (κ2) is 7.56. The molecule has 116 valence electrons. The fraction of sp³-hybridized carbons (Fsp3) is 0.143. The number of non-ortho nitro benzene ring substituents is 1. The van der Waals surface area contributed by atoms with Crippen LogP contribution in [-0.2, 0) is 13.1 Å². The first-order valence-electron chi connectivity index (χ1n) is 6.46. The van der Waals surface area contributed by atoms with E-state index in [1.807, 2.05) is 30.3 Å². The zero-order valence-corrected chi connectivity index (χ0v) is 13.5. The Hall–Kier alpha value is -1.66. The van der Waals surface area contributed by atoms with Gasteiger partial charge in [-0.05, 0) is 31.2 Å². The molecule has 0 aliphatic heterocycles. The second-order valence-electron chi connectivity index (χ2n) is 4.16. The highest BCUT2D eigenvalue weighted by Gasteiger charge is 2.29. The summed E-state index contributed by atoms with van der Waals surface area (Å²) in [4.78, 5) is 10.9. The first kappa shape index (κ1) is 16.7. The molecule has 0 bridgehead atoms. The van der Waals surface area contributed by atoms with Gasteiger partial charge in [-0.15, -0.1) is 0 Å². The third kappa shape index (κ3) is 4.18. The lowest BCUT2D eigenvalue weighted by molar-refractivity contribution is -0.384. The highest BCUT2D eigenvalue weighted by molar-refractivity contribution is 7.99. The van der Waals surface area contributed by atoms with E-state index in [1.54, 1.807) is 6.92 Å². The summed E-state index contributed by atoms with van der Waals surface area (Å²) in [6, 6.07) is 14.5. The normalized spacial score (nSPS) is 13.5. The van der Waals surface area contributed by atoms with Gasteiger partial charge in [0.1, 0.15) is 0 Å². The van der Waals surface area contributed by atoms with Gasteiger partial charge in [0.2, 0.25) is 0 Å². The summed E-state index contributed by atoms with van der Waals surface area (Å²) in [5, 5.41) is 10.9. The SMILES string of the molecule is CCOP(=O)(OSc1ccccc1)c1ccc([N+](=O)[O-])cc1. The summed E-state index contributed by atoms with van der Waals surface area (Å²) in [5.74, 6) is 0. The van der Waals surface area contributed by atoms with Crippen molar-refractivity contribution >= 4 is 30.6 Å². The summed E-state index contributed by atoms with van der Waals surface area (Å²) >= 11 is 0.951. The van der Waals surface area contributed by atoms with E-state index in [2.05, 4.69) is 0 Å². The topological polar surface area (TPSA) is 78.7 Å². The number of rotatable bonds is 7. The maximum Gasteiger partial charge on any atom is 0.372 e. The molecule has 0 spiro atoms. The molecule has 0 aliphatic rings. The number of nitro groups is 1. The Morgan fingerprint density at radius 1 is 1.14 bits per heavy atom. The highest BCUT2D eigenvalue weighted by atomic mass is 32.2. The van der Waals surface area contributed by atoms with Crippen LogP contribution in [0.2, 0.25) is 0 Å². The van der Waals surface area contributed by atoms with E-state index in [0.29, 0.717) is 0 Å². The van der Waals surface area contributed by atoms with E-state index < -0.39 is 12.5 Å². The standard InChI is InChI=1S/C14H14NO5PS/c1-2-19-21(18,20-22-14-6-4-3-5-7-14)13-10-8-12(9-11-13)15(16)17/h3-11H,2H2,1H3. The maximum atomic E-state index is 12.8. The minimum absolute atomic E-state index is 0.0810. The van der Waals surface area contributed by atoms with E-state index in [4.69, 9.17) is 8.49 Å². The lowest BCUT2D eigenvalue weighted by atomic mass is 10.3. The lowest BCUT2D eigenvalue weighted by Crippen LogP contribution is -2.08. The van der Waals surface area contributed by atoms with Crippen LogP contribution in [0.15, 0.2) is 59.5 Å². The van der Waals surface area contributed by atoms with Gasteiger partial charge in [0.25, 0.3) is 5.69 Å². The van der Waals surface area contributed by atoms with Gasteiger partial charge in [-0.25, -0.2) is 3.97 Å². The molecule has 0 saturated carbocycles. The van der Waals surface area contributed by atoms with Crippen molar-refractivity contribution in [3.63, 3.8) is 0 Å². The zero-order valence-electron chi connectivity index (χ0n) is 11.7. The van der Waals surface area contributed by atoms with E-state index in [1.165, 1.54) is 24.3 Å². The Balaban J connectivity index is 2.19. The number of nitrogens with zero attached hydrogens (tertiary/aromatic N) is 1. The molecule has 22 heavy (non-hydrogen) atoms. The number of hydrogen-bond donors (Lipinski definition) is 0. The van der Waals surface area contributed by atoms with Gasteiger partial charge in [0.05, 0.1) is 16.8 Å². The van der Waals surface area contributed by atoms with E-state index in [9.17, 15) is 14.7 Å². The maximum absolute atomic E-state index is 12.8. The van der Waals surface area contributed by atoms with Crippen molar-refractivity contribution in [2.75, 3.05) is 6.61 Å². The van der Waals surface area contributed by atoms with Crippen LogP contribution in [0, 0.1) is 10.1 Å². The minimum Gasteiger partial charge on any atom is -0.305 e. The van der Waals surface area contributed by atoms with Crippen LogP contribution in [0.1, 0.15) is 6.92 Å². The molecule has 0 heterocycles. The van der Waals surface area contributed by atoms with Gasteiger partial charge >= 0.3 is 7.60 Å². The molecular formula is C14H14NO5PS. The summed E-state index contributed by atoms with van der Waals surface area (Å²) in [7, 11) is -3.55. The second-order valence-corrected chi connectivity index (χ2v) is 7.16. The van der Waals surface area contributed by atoms with E-state index in [0.717, 1.165) is 16.9 Å². The Morgan fingerprint density at radius 3 is 2.32 bits per heavy atom. The number of nitro benzene ring substituents is 1. The molecule has 1 atom stereocenters. The van der Waals surface area contributed by atoms with Gasteiger partial charge in [-0.1, -0.05) is 18.2 Å². The van der Waals surface area contributed by atoms with Crippen molar-refractivity contribution in [2.24, 2.45) is 0 Å². The Morgan fingerprint density at radius 2 is 1.77 bits per heavy atom. The van der Waals surface area contributed by atoms with Crippen molar-refractivity contribution in [1.29, 1.82) is 0 Å². The average molecular weight is 339 g/mol. The van der Waals surface area contributed by atoms with Crippen LogP contribution >= 0.6 is 19.6 Å². The van der Waals surface area contributed by atoms with Gasteiger partial charge in [0.15, 0.2) is 0 Å². The van der Waals surface area contributed by atoms with Crippen molar-refractivity contribution < 1.29 is 18.0 Å². The van der Waals surface area contributed by atoms with Gasteiger partial charge < -0.3 is 4.52 Å². The van der Waals surface area contributed by atoms with Crippen LogP contribution in [-0.4, -0.2) is 11.5 Å². The third-order valence-electron chi connectivity index (χ3n) is 2.65. The zero-order chi connectivity index (χ0) is 16.0. The fourth-order valence-electron chi connectivity index (χ4n) is 1.63. The highest BCUT2D eigenvalue weighted by Crippen LogP contribution is 2.51. The van der Waals surface area contributed by atoms with Crippen LogP contribution in [0.3, 0.4) is 0 Å². The smallest absolute Gasteiger partial charge is 0.305 e. The summed E-state index contributed by atoms with van der Waals surface area (Å²) in [6.07, 6.45) is 0. The van der Waals surface area contributed by atoms with Gasteiger partial charge in [-0.2, -0.15) is 0 Å². The molecule has 0 aromatic heterocycles. The summed E-state index contributed by atoms with van der Waals surface area (Å²) in [6.45, 7) is 1.90. The predicted molar refractivity (Wildman–Crippen MR) is 85.3 cm³/mol. The third-order valence-corrected chi connectivity index (χ3v) is 5.73. The van der Waals surface area contributed by atoms with Crippen molar-refractivity contribution in [3.05, 3.63) is 64.7 Å². The molecule has 0 fully saturated rings. The first-order valence-corrected chi connectivity index (χ1v) is 8.74. The molecule has 2 aromatic carbocycles. The van der Waals surface area contributed by atoms with Crippen LogP contribution in [0.5, 0.6) is 0 Å². The molecular weight excluding hydrogens is 325 g/mol. The van der Waals surface area contributed by atoms with E-state index >= 15 is 0 Å². The molecule has 0 aliphatic carbocycles. The molecule has 0 saturated heterocycles. The predicted octanol–water partition coefficient (Wildman–Crippen LogP) is 4.17. The van der Waals surface area contributed by atoms with Gasteiger partial charge in [-0.3, -0.25) is 14.7 Å². The van der Waals surface area contributed by atoms with Crippen LogP contribution in [0.25, 0.3) is 0 Å². The summed E-state index contributed by atoms with van der Waals surface area (Å²) < 4.78 is 23.5. The first-order chi connectivity index (χ1) is 10.5. The Labute approximate surface area is 132 Å². The average Bonchev–Trinajstić information content (AvgIpc) is 2.54. The molecule has 6 nitrogen and oxygen atoms in total. The molecule has 0 radical (unpaired) electrons. The largest absolute Gasteiger partial charge is 0.372 e.